The topological polar surface area (TPSA) is 109 Å². The van der Waals surface area contributed by atoms with Gasteiger partial charge in [0.05, 0.1) is 23.0 Å². The molecule has 2 atom stereocenters. The van der Waals surface area contributed by atoms with Crippen LogP contribution in [0.5, 0.6) is 0 Å². The van der Waals surface area contributed by atoms with Gasteiger partial charge < -0.3 is 16.2 Å². The summed E-state index contributed by atoms with van der Waals surface area (Å²) in [5.41, 5.74) is 4.43. The van der Waals surface area contributed by atoms with Crippen molar-refractivity contribution < 1.29 is 18.3 Å². The van der Waals surface area contributed by atoms with Crippen LogP contribution >= 0.6 is 0 Å². The number of carbonyl (C=O) groups excluding carboxylic acids is 1. The van der Waals surface area contributed by atoms with Crippen LogP contribution in [0, 0.1) is 5.41 Å². The lowest BCUT2D eigenvalue weighted by atomic mass is 9.92. The number of hydrogen-bond acceptors (Lipinski definition) is 5. The van der Waals surface area contributed by atoms with E-state index in [1.807, 2.05) is 0 Å². The second-order valence-corrected chi connectivity index (χ2v) is 7.03. The molecule has 0 aliphatic carbocycles. The minimum atomic E-state index is -3.16. The lowest BCUT2D eigenvalue weighted by molar-refractivity contribution is -0.125. The summed E-state index contributed by atoms with van der Waals surface area (Å²) in [7, 11) is -3.16. The number of nitrogens with one attached hydrogen (secondary N) is 1. The zero-order chi connectivity index (χ0) is 12.6. The SMILES string of the molecule is CC(C)(CNC1CS(=O)(=O)CC1O)C(N)=O. The largest absolute Gasteiger partial charge is 0.390 e. The molecule has 94 valence electrons. The zero-order valence-corrected chi connectivity index (χ0v) is 10.3. The molecule has 4 N–H and O–H groups in total. The molecule has 0 radical (unpaired) electrons. The van der Waals surface area contributed by atoms with E-state index >= 15 is 0 Å². The maximum absolute atomic E-state index is 11.2. The molecule has 7 heteroatoms. The molecule has 0 spiro atoms. The average molecular weight is 250 g/mol. The molecular formula is C9H18N2O4S. The number of sulfone groups is 1. The van der Waals surface area contributed by atoms with Gasteiger partial charge in [-0.25, -0.2) is 8.42 Å². The van der Waals surface area contributed by atoms with E-state index in [1.54, 1.807) is 13.8 Å². The number of aliphatic hydroxyl groups is 1. The number of primary amides is 1. The first-order valence-electron chi connectivity index (χ1n) is 5.06. The van der Waals surface area contributed by atoms with Crippen LogP contribution in [0.4, 0.5) is 0 Å². The second-order valence-electron chi connectivity index (χ2n) is 4.88. The van der Waals surface area contributed by atoms with Crippen molar-refractivity contribution in [3.63, 3.8) is 0 Å². The molecule has 1 aliphatic heterocycles. The van der Waals surface area contributed by atoms with Crippen LogP contribution < -0.4 is 11.1 Å². The Morgan fingerprint density at radius 2 is 2.06 bits per heavy atom. The lowest BCUT2D eigenvalue weighted by Crippen LogP contribution is -2.47. The minimum Gasteiger partial charge on any atom is -0.390 e. The minimum absolute atomic E-state index is 0.0942. The molecule has 1 heterocycles. The highest BCUT2D eigenvalue weighted by Gasteiger charge is 2.37. The van der Waals surface area contributed by atoms with Crippen LogP contribution in [-0.4, -0.2) is 49.6 Å². The third-order valence-corrected chi connectivity index (χ3v) is 4.51. The Morgan fingerprint density at radius 3 is 2.44 bits per heavy atom. The lowest BCUT2D eigenvalue weighted by Gasteiger charge is -2.24. The number of aliphatic hydroxyl groups excluding tert-OH is 1. The monoisotopic (exact) mass is 250 g/mol. The van der Waals surface area contributed by atoms with Gasteiger partial charge in [-0.3, -0.25) is 4.79 Å². The van der Waals surface area contributed by atoms with Crippen LogP contribution in [0.3, 0.4) is 0 Å². The number of hydrogen-bond donors (Lipinski definition) is 3. The van der Waals surface area contributed by atoms with Crippen LogP contribution in [0.1, 0.15) is 13.8 Å². The maximum Gasteiger partial charge on any atom is 0.224 e. The summed E-state index contributed by atoms with van der Waals surface area (Å²) in [6.45, 7) is 3.58. The Kier molecular flexibility index (Phi) is 3.61. The highest BCUT2D eigenvalue weighted by Crippen LogP contribution is 2.16. The van der Waals surface area contributed by atoms with E-state index in [9.17, 15) is 18.3 Å². The van der Waals surface area contributed by atoms with Crippen molar-refractivity contribution in [3.05, 3.63) is 0 Å². The Bertz CT molecular complexity index is 377. The molecule has 0 aromatic carbocycles. The Morgan fingerprint density at radius 1 is 1.50 bits per heavy atom. The Balaban J connectivity index is 2.55. The summed E-state index contributed by atoms with van der Waals surface area (Å²) in [6.07, 6.45) is -0.909. The van der Waals surface area contributed by atoms with Gasteiger partial charge in [0.15, 0.2) is 9.84 Å². The molecule has 2 unspecified atom stereocenters. The molecule has 0 aromatic rings. The molecule has 0 saturated carbocycles. The highest BCUT2D eigenvalue weighted by molar-refractivity contribution is 7.91. The van der Waals surface area contributed by atoms with Gasteiger partial charge in [0.25, 0.3) is 0 Å². The standard InChI is InChI=1S/C9H18N2O4S/c1-9(2,8(10)13)5-11-6-3-16(14,15)4-7(6)12/h6-7,11-12H,3-5H2,1-2H3,(H2,10,13). The van der Waals surface area contributed by atoms with Crippen molar-refractivity contribution in [2.45, 2.75) is 26.0 Å². The molecule has 0 bridgehead atoms. The molecule has 1 aliphatic rings. The van der Waals surface area contributed by atoms with E-state index in [4.69, 9.17) is 5.73 Å². The van der Waals surface area contributed by atoms with Gasteiger partial charge >= 0.3 is 0 Å². The molecule has 1 amide bonds. The van der Waals surface area contributed by atoms with Crippen LogP contribution in [0.25, 0.3) is 0 Å². The number of carbonyl (C=O) groups is 1. The third-order valence-electron chi connectivity index (χ3n) is 2.80. The van der Waals surface area contributed by atoms with Crippen molar-refractivity contribution in [2.75, 3.05) is 18.1 Å². The molecule has 1 saturated heterocycles. The van der Waals surface area contributed by atoms with Crippen molar-refractivity contribution >= 4 is 15.7 Å². The van der Waals surface area contributed by atoms with E-state index in [2.05, 4.69) is 5.32 Å². The summed E-state index contributed by atoms with van der Waals surface area (Å²) in [5.74, 6) is -0.777. The van der Waals surface area contributed by atoms with E-state index in [0.717, 1.165) is 0 Å². The molecule has 16 heavy (non-hydrogen) atoms. The van der Waals surface area contributed by atoms with E-state index in [-0.39, 0.29) is 18.1 Å². The van der Waals surface area contributed by atoms with Crippen molar-refractivity contribution in [1.29, 1.82) is 0 Å². The fraction of sp³-hybridized carbons (Fsp3) is 0.889. The summed E-state index contributed by atoms with van der Waals surface area (Å²) in [4.78, 5) is 11.0. The van der Waals surface area contributed by atoms with Gasteiger partial charge in [-0.15, -0.1) is 0 Å². The van der Waals surface area contributed by atoms with E-state index in [0.29, 0.717) is 0 Å². The van der Waals surface area contributed by atoms with Gasteiger partial charge in [0, 0.05) is 12.6 Å². The van der Waals surface area contributed by atoms with Gasteiger partial charge in [-0.1, -0.05) is 0 Å². The number of amides is 1. The first-order valence-corrected chi connectivity index (χ1v) is 6.88. The summed E-state index contributed by atoms with van der Waals surface area (Å²) < 4.78 is 22.4. The third kappa shape index (κ3) is 3.16. The Labute approximate surface area is 95.1 Å². The predicted molar refractivity (Wildman–Crippen MR) is 59.4 cm³/mol. The van der Waals surface area contributed by atoms with Crippen molar-refractivity contribution in [3.8, 4) is 0 Å². The first kappa shape index (κ1) is 13.4. The first-order chi connectivity index (χ1) is 7.14. The quantitative estimate of drug-likeness (QED) is 0.548. The van der Waals surface area contributed by atoms with Gasteiger partial charge in [-0.2, -0.15) is 0 Å². The number of rotatable bonds is 4. The maximum atomic E-state index is 11.2. The summed E-state index contributed by atoms with van der Waals surface area (Å²) in [6, 6.07) is -0.511. The van der Waals surface area contributed by atoms with Gasteiger partial charge in [-0.05, 0) is 13.8 Å². The second kappa shape index (κ2) is 4.31. The highest BCUT2D eigenvalue weighted by atomic mass is 32.2. The molecule has 1 rings (SSSR count). The van der Waals surface area contributed by atoms with Crippen LogP contribution in [0.15, 0.2) is 0 Å². The van der Waals surface area contributed by atoms with E-state index in [1.165, 1.54) is 0 Å². The average Bonchev–Trinajstić information content (AvgIpc) is 2.36. The fourth-order valence-electron chi connectivity index (χ4n) is 1.50. The van der Waals surface area contributed by atoms with Gasteiger partial charge in [0.2, 0.25) is 5.91 Å². The van der Waals surface area contributed by atoms with Gasteiger partial charge in [0.1, 0.15) is 0 Å². The molecular weight excluding hydrogens is 232 g/mol. The summed E-state index contributed by atoms with van der Waals surface area (Å²) in [5, 5.41) is 12.4. The smallest absolute Gasteiger partial charge is 0.224 e. The molecule has 1 fully saturated rings. The normalized spacial score (nSPS) is 29.2. The van der Waals surface area contributed by atoms with Crippen molar-refractivity contribution in [2.24, 2.45) is 11.1 Å². The number of nitrogens with two attached hydrogens (primary N) is 1. The zero-order valence-electron chi connectivity index (χ0n) is 9.43. The van der Waals surface area contributed by atoms with E-state index < -0.39 is 33.3 Å². The van der Waals surface area contributed by atoms with Crippen LogP contribution in [0.2, 0.25) is 0 Å². The fourth-order valence-corrected chi connectivity index (χ4v) is 3.27. The van der Waals surface area contributed by atoms with Crippen molar-refractivity contribution in [1.82, 2.24) is 5.32 Å². The Hall–Kier alpha value is -0.660. The van der Waals surface area contributed by atoms with Crippen LogP contribution in [-0.2, 0) is 14.6 Å². The predicted octanol–water partition coefficient (Wildman–Crippen LogP) is -1.75. The molecule has 0 aromatic heterocycles. The summed E-state index contributed by atoms with van der Waals surface area (Å²) >= 11 is 0. The molecule has 6 nitrogen and oxygen atoms in total.